The number of hydrogen-bond donors (Lipinski definition) is 1. The summed E-state index contributed by atoms with van der Waals surface area (Å²) in [5, 5.41) is 12.2. The molecule has 0 spiro atoms. The summed E-state index contributed by atoms with van der Waals surface area (Å²) in [5.41, 5.74) is 1.24. The Morgan fingerprint density at radius 1 is 0.810 bits per heavy atom. The number of hydrogen-bond acceptors (Lipinski definition) is 1. The fourth-order valence-corrected chi connectivity index (χ4v) is 2.64. The summed E-state index contributed by atoms with van der Waals surface area (Å²) in [5.74, 6) is -1.49. The minimum atomic E-state index is -1.34. The zero-order valence-electron chi connectivity index (χ0n) is 11.5. The maximum absolute atomic E-state index is 13.9. The van der Waals surface area contributed by atoms with Gasteiger partial charge in [0.2, 0.25) is 0 Å². The number of aliphatic hydroxyl groups excluding tert-OH is 1. The van der Waals surface area contributed by atoms with Crippen molar-refractivity contribution in [3.05, 3.63) is 82.9 Å². The maximum Gasteiger partial charge on any atom is 0.132 e. The van der Waals surface area contributed by atoms with E-state index in [2.05, 4.69) is 0 Å². The lowest BCUT2D eigenvalue weighted by atomic mass is 9.93. The van der Waals surface area contributed by atoms with Crippen molar-refractivity contribution in [1.82, 2.24) is 0 Å². The first-order chi connectivity index (χ1) is 10.1. The van der Waals surface area contributed by atoms with Crippen LogP contribution in [0.5, 0.6) is 0 Å². The van der Waals surface area contributed by atoms with Crippen molar-refractivity contribution in [2.45, 2.75) is 13.0 Å². The van der Waals surface area contributed by atoms with Crippen LogP contribution >= 0.6 is 0 Å². The molecule has 0 aliphatic heterocycles. The summed E-state index contributed by atoms with van der Waals surface area (Å²) in [6.45, 7) is 1.96. The van der Waals surface area contributed by atoms with Gasteiger partial charge in [-0.15, -0.1) is 0 Å². The van der Waals surface area contributed by atoms with Gasteiger partial charge in [-0.3, -0.25) is 0 Å². The molecular formula is C18H14F2O. The van der Waals surface area contributed by atoms with Gasteiger partial charge in [-0.1, -0.05) is 42.5 Å². The van der Waals surface area contributed by atoms with Crippen molar-refractivity contribution in [1.29, 1.82) is 0 Å². The second kappa shape index (κ2) is 5.26. The molecule has 3 aromatic carbocycles. The Balaban J connectivity index is 2.23. The third-order valence-electron chi connectivity index (χ3n) is 3.74. The first-order valence-corrected chi connectivity index (χ1v) is 6.70. The molecular weight excluding hydrogens is 270 g/mol. The van der Waals surface area contributed by atoms with Crippen LogP contribution in [0.3, 0.4) is 0 Å². The quantitative estimate of drug-likeness (QED) is 0.734. The molecule has 3 rings (SSSR count). The fourth-order valence-electron chi connectivity index (χ4n) is 2.64. The third kappa shape index (κ3) is 2.30. The van der Waals surface area contributed by atoms with E-state index in [9.17, 15) is 13.9 Å². The van der Waals surface area contributed by atoms with Crippen LogP contribution in [0.2, 0.25) is 0 Å². The lowest BCUT2D eigenvalue weighted by molar-refractivity contribution is 0.210. The van der Waals surface area contributed by atoms with Gasteiger partial charge in [0.1, 0.15) is 17.7 Å². The highest BCUT2D eigenvalue weighted by molar-refractivity contribution is 5.89. The summed E-state index contributed by atoms with van der Waals surface area (Å²) < 4.78 is 27.7. The zero-order chi connectivity index (χ0) is 15.0. The van der Waals surface area contributed by atoms with Crippen LogP contribution in [0.1, 0.15) is 22.8 Å². The van der Waals surface area contributed by atoms with E-state index in [1.54, 1.807) is 6.07 Å². The van der Waals surface area contributed by atoms with E-state index >= 15 is 0 Å². The Labute approximate surface area is 121 Å². The topological polar surface area (TPSA) is 20.2 Å². The van der Waals surface area contributed by atoms with E-state index in [0.717, 1.165) is 28.5 Å². The van der Waals surface area contributed by atoms with Gasteiger partial charge >= 0.3 is 0 Å². The second-order valence-corrected chi connectivity index (χ2v) is 5.06. The first kappa shape index (κ1) is 13.7. The van der Waals surface area contributed by atoms with Crippen LogP contribution in [-0.2, 0) is 0 Å². The lowest BCUT2D eigenvalue weighted by Crippen LogP contribution is -2.06. The monoisotopic (exact) mass is 284 g/mol. The van der Waals surface area contributed by atoms with Gasteiger partial charge in [-0.25, -0.2) is 8.78 Å². The average molecular weight is 284 g/mol. The van der Waals surface area contributed by atoms with Gasteiger partial charge in [0, 0.05) is 0 Å². The van der Waals surface area contributed by atoms with Crippen molar-refractivity contribution in [2.24, 2.45) is 0 Å². The molecule has 0 aromatic heterocycles. The van der Waals surface area contributed by atoms with Gasteiger partial charge in [0.15, 0.2) is 0 Å². The van der Waals surface area contributed by atoms with Crippen molar-refractivity contribution in [3.63, 3.8) is 0 Å². The molecule has 1 unspecified atom stereocenters. The van der Waals surface area contributed by atoms with Gasteiger partial charge in [-0.05, 0) is 41.0 Å². The predicted molar refractivity (Wildman–Crippen MR) is 79.1 cm³/mol. The zero-order valence-corrected chi connectivity index (χ0v) is 11.5. The van der Waals surface area contributed by atoms with Gasteiger partial charge in [0.25, 0.3) is 0 Å². The van der Waals surface area contributed by atoms with E-state index in [1.807, 2.05) is 37.3 Å². The van der Waals surface area contributed by atoms with Crippen molar-refractivity contribution >= 4 is 10.8 Å². The molecule has 106 valence electrons. The molecule has 0 saturated heterocycles. The molecule has 3 heteroatoms. The number of rotatable bonds is 2. The molecule has 0 bridgehead atoms. The van der Waals surface area contributed by atoms with Crippen molar-refractivity contribution in [3.8, 4) is 0 Å². The molecule has 1 nitrogen and oxygen atoms in total. The molecule has 0 radical (unpaired) electrons. The fraction of sp³-hybridized carbons (Fsp3) is 0.111. The van der Waals surface area contributed by atoms with Gasteiger partial charge < -0.3 is 5.11 Å². The molecule has 0 amide bonds. The Bertz CT molecular complexity index is 791. The van der Waals surface area contributed by atoms with E-state index in [0.29, 0.717) is 5.56 Å². The summed E-state index contributed by atoms with van der Waals surface area (Å²) in [6, 6.07) is 14.7. The predicted octanol–water partition coefficient (Wildman–Crippen LogP) is 4.51. The number of aliphatic hydroxyl groups is 1. The molecule has 3 aromatic rings. The minimum absolute atomic E-state index is 0.313. The number of fused-ring (bicyclic) bond motifs is 1. The number of benzene rings is 3. The normalized spacial score (nSPS) is 12.6. The molecule has 1 N–H and O–H groups in total. The van der Waals surface area contributed by atoms with Crippen LogP contribution in [0.15, 0.2) is 54.6 Å². The van der Waals surface area contributed by atoms with Gasteiger partial charge in [0.05, 0.1) is 5.56 Å². The molecule has 0 fully saturated rings. The molecule has 0 saturated carbocycles. The van der Waals surface area contributed by atoms with Crippen LogP contribution in [0, 0.1) is 18.6 Å². The summed E-state index contributed by atoms with van der Waals surface area (Å²) in [6.07, 6.45) is -1.34. The standard InChI is InChI=1S/C18H14F2O/c1-11-9-10-14(13-6-3-2-5-12(11)13)18(21)17-15(19)7-4-8-16(17)20/h2-10,18,21H,1H3. The highest BCUT2D eigenvalue weighted by Crippen LogP contribution is 2.32. The Morgan fingerprint density at radius 2 is 1.43 bits per heavy atom. The van der Waals surface area contributed by atoms with E-state index in [4.69, 9.17) is 0 Å². The second-order valence-electron chi connectivity index (χ2n) is 5.06. The maximum atomic E-state index is 13.9. The minimum Gasteiger partial charge on any atom is -0.383 e. The van der Waals surface area contributed by atoms with Crippen LogP contribution in [0.25, 0.3) is 10.8 Å². The van der Waals surface area contributed by atoms with Crippen molar-refractivity contribution in [2.75, 3.05) is 0 Å². The first-order valence-electron chi connectivity index (χ1n) is 6.70. The SMILES string of the molecule is Cc1ccc(C(O)c2c(F)cccc2F)c2ccccc12. The third-order valence-corrected chi connectivity index (χ3v) is 3.74. The highest BCUT2D eigenvalue weighted by atomic mass is 19.1. The van der Waals surface area contributed by atoms with Crippen LogP contribution < -0.4 is 0 Å². The largest absolute Gasteiger partial charge is 0.383 e. The summed E-state index contributed by atoms with van der Waals surface area (Å²) >= 11 is 0. The highest BCUT2D eigenvalue weighted by Gasteiger charge is 2.21. The van der Waals surface area contributed by atoms with E-state index in [1.165, 1.54) is 6.07 Å². The van der Waals surface area contributed by atoms with E-state index < -0.39 is 17.7 Å². The van der Waals surface area contributed by atoms with Gasteiger partial charge in [-0.2, -0.15) is 0 Å². The Kier molecular flexibility index (Phi) is 3.43. The Hall–Kier alpha value is -2.26. The molecule has 0 aliphatic rings. The number of aryl methyl sites for hydroxylation is 1. The molecule has 0 heterocycles. The van der Waals surface area contributed by atoms with Crippen LogP contribution in [-0.4, -0.2) is 5.11 Å². The Morgan fingerprint density at radius 3 is 2.10 bits per heavy atom. The van der Waals surface area contributed by atoms with E-state index in [-0.39, 0.29) is 5.56 Å². The summed E-state index contributed by atoms with van der Waals surface area (Å²) in [7, 11) is 0. The van der Waals surface area contributed by atoms with Crippen molar-refractivity contribution < 1.29 is 13.9 Å². The number of halogens is 2. The van der Waals surface area contributed by atoms with Crippen LogP contribution in [0.4, 0.5) is 8.78 Å². The molecule has 21 heavy (non-hydrogen) atoms. The smallest absolute Gasteiger partial charge is 0.132 e. The molecule has 0 aliphatic carbocycles. The average Bonchev–Trinajstić information content (AvgIpc) is 2.47. The molecule has 1 atom stereocenters. The summed E-state index contributed by atoms with van der Waals surface area (Å²) in [4.78, 5) is 0. The lowest BCUT2D eigenvalue weighted by Gasteiger charge is -2.16.